The number of rotatable bonds is 3. The highest BCUT2D eigenvalue weighted by atomic mass is 15.4. The summed E-state index contributed by atoms with van der Waals surface area (Å²) >= 11 is 0. The van der Waals surface area contributed by atoms with E-state index >= 15 is 0 Å². The van der Waals surface area contributed by atoms with E-state index in [1.54, 1.807) is 0 Å². The van der Waals surface area contributed by atoms with Crippen molar-refractivity contribution >= 4 is 5.82 Å². The van der Waals surface area contributed by atoms with E-state index in [2.05, 4.69) is 55.3 Å². The number of benzene rings is 1. The molecular weight excluding hydrogens is 224 g/mol. The summed E-state index contributed by atoms with van der Waals surface area (Å²) in [6.45, 7) is 7.18. The predicted molar refractivity (Wildman–Crippen MR) is 73.3 cm³/mol. The molecule has 4 nitrogen and oxygen atoms in total. The largest absolute Gasteiger partial charge is 0.381 e. The third-order valence-corrected chi connectivity index (χ3v) is 2.93. The predicted octanol–water partition coefficient (Wildman–Crippen LogP) is 2.40. The highest BCUT2D eigenvalue weighted by Crippen LogP contribution is 2.26. The van der Waals surface area contributed by atoms with Crippen LogP contribution in [0.2, 0.25) is 0 Å². The van der Waals surface area contributed by atoms with Crippen LogP contribution in [-0.2, 0) is 18.4 Å². The second-order valence-corrected chi connectivity index (χ2v) is 5.53. The lowest BCUT2D eigenvalue weighted by molar-refractivity contribution is 0.481. The summed E-state index contributed by atoms with van der Waals surface area (Å²) in [5.41, 5.74) is 8.17. The lowest BCUT2D eigenvalue weighted by atomic mass is 9.92. The molecule has 0 aliphatic rings. The Morgan fingerprint density at radius 2 is 1.83 bits per heavy atom. The molecule has 1 aromatic carbocycles. The second kappa shape index (κ2) is 4.80. The normalized spacial score (nSPS) is 11.7. The van der Waals surface area contributed by atoms with Gasteiger partial charge in [-0.25, -0.2) is 4.68 Å². The molecule has 0 unspecified atom stereocenters. The van der Waals surface area contributed by atoms with Crippen LogP contribution in [0, 0.1) is 0 Å². The zero-order valence-electron chi connectivity index (χ0n) is 11.2. The van der Waals surface area contributed by atoms with Crippen molar-refractivity contribution in [3.05, 3.63) is 41.6 Å². The summed E-state index contributed by atoms with van der Waals surface area (Å²) in [6, 6.07) is 10.4. The monoisotopic (exact) mass is 244 g/mol. The van der Waals surface area contributed by atoms with Gasteiger partial charge in [0.15, 0.2) is 5.82 Å². The summed E-state index contributed by atoms with van der Waals surface area (Å²) in [5.74, 6) is 0.538. The number of hydrogen-bond acceptors (Lipinski definition) is 3. The number of hydrogen-bond donors (Lipinski definition) is 1. The molecule has 0 amide bonds. The van der Waals surface area contributed by atoms with E-state index in [1.807, 2.05) is 10.7 Å². The molecule has 0 bridgehead atoms. The van der Waals surface area contributed by atoms with Gasteiger partial charge in [0.1, 0.15) is 0 Å². The number of anilines is 1. The third-order valence-electron chi connectivity index (χ3n) is 2.93. The number of nitrogens with zero attached hydrogens (tertiary/aromatic N) is 3. The van der Waals surface area contributed by atoms with Crippen LogP contribution in [0.25, 0.3) is 0 Å². The minimum absolute atomic E-state index is 0.0374. The molecule has 0 aliphatic carbocycles. The summed E-state index contributed by atoms with van der Waals surface area (Å²) in [5, 5.41) is 8.12. The fraction of sp³-hybridized carbons (Fsp3) is 0.429. The number of nitrogens with two attached hydrogens (primary N) is 1. The van der Waals surface area contributed by atoms with Crippen LogP contribution in [0.4, 0.5) is 5.82 Å². The third kappa shape index (κ3) is 2.70. The van der Waals surface area contributed by atoms with Crippen LogP contribution < -0.4 is 5.73 Å². The maximum absolute atomic E-state index is 5.90. The Hall–Kier alpha value is -1.84. The molecule has 4 heteroatoms. The van der Waals surface area contributed by atoms with E-state index in [9.17, 15) is 0 Å². The highest BCUT2D eigenvalue weighted by Gasteiger charge is 2.23. The van der Waals surface area contributed by atoms with Gasteiger partial charge in [0.25, 0.3) is 0 Å². The molecule has 2 N–H and O–H groups in total. The SMILES string of the molecule is CC(C)(C)c1c(N)nnn1CCc1ccccc1. The van der Waals surface area contributed by atoms with Crippen LogP contribution in [0.1, 0.15) is 32.0 Å². The Morgan fingerprint density at radius 1 is 1.17 bits per heavy atom. The van der Waals surface area contributed by atoms with Crippen molar-refractivity contribution in [2.75, 3.05) is 5.73 Å². The minimum Gasteiger partial charge on any atom is -0.381 e. The van der Waals surface area contributed by atoms with E-state index in [0.29, 0.717) is 5.82 Å². The van der Waals surface area contributed by atoms with Crippen molar-refractivity contribution in [1.29, 1.82) is 0 Å². The Labute approximate surface area is 108 Å². The molecule has 0 fully saturated rings. The van der Waals surface area contributed by atoms with E-state index < -0.39 is 0 Å². The average Bonchev–Trinajstić information content (AvgIpc) is 2.69. The molecule has 1 heterocycles. The summed E-state index contributed by atoms with van der Waals surface area (Å²) < 4.78 is 1.92. The standard InChI is InChI=1S/C14H20N4/c1-14(2,3)12-13(15)16-17-18(12)10-9-11-7-5-4-6-8-11/h4-8H,9-10,15H2,1-3H3. The van der Waals surface area contributed by atoms with E-state index in [-0.39, 0.29) is 5.41 Å². The molecular formula is C14H20N4. The molecule has 0 saturated carbocycles. The smallest absolute Gasteiger partial charge is 0.169 e. The van der Waals surface area contributed by atoms with Crippen LogP contribution in [-0.4, -0.2) is 15.0 Å². The minimum atomic E-state index is -0.0374. The first kappa shape index (κ1) is 12.6. The van der Waals surface area contributed by atoms with Gasteiger partial charge in [-0.1, -0.05) is 56.3 Å². The van der Waals surface area contributed by atoms with Crippen LogP contribution in [0.3, 0.4) is 0 Å². The molecule has 0 radical (unpaired) electrons. The zero-order valence-corrected chi connectivity index (χ0v) is 11.2. The molecule has 2 aromatic rings. The van der Waals surface area contributed by atoms with Gasteiger partial charge in [0, 0.05) is 12.0 Å². The number of nitrogen functional groups attached to an aromatic ring is 1. The van der Waals surface area contributed by atoms with Gasteiger partial charge in [0.05, 0.1) is 5.69 Å². The average molecular weight is 244 g/mol. The van der Waals surface area contributed by atoms with Crippen molar-refractivity contribution in [3.63, 3.8) is 0 Å². The summed E-state index contributed by atoms with van der Waals surface area (Å²) in [7, 11) is 0. The van der Waals surface area contributed by atoms with Crippen molar-refractivity contribution in [3.8, 4) is 0 Å². The lowest BCUT2D eigenvalue weighted by Crippen LogP contribution is -2.20. The first-order chi connectivity index (χ1) is 8.48. The lowest BCUT2D eigenvalue weighted by Gasteiger charge is -2.20. The van der Waals surface area contributed by atoms with E-state index in [0.717, 1.165) is 18.7 Å². The van der Waals surface area contributed by atoms with Gasteiger partial charge in [-0.2, -0.15) is 0 Å². The molecule has 0 atom stereocenters. The zero-order chi connectivity index (χ0) is 13.2. The van der Waals surface area contributed by atoms with Gasteiger partial charge >= 0.3 is 0 Å². The Balaban J connectivity index is 2.16. The number of aromatic nitrogens is 3. The summed E-state index contributed by atoms with van der Waals surface area (Å²) in [6.07, 6.45) is 0.937. The van der Waals surface area contributed by atoms with Gasteiger partial charge in [-0.3, -0.25) is 0 Å². The quantitative estimate of drug-likeness (QED) is 0.902. The molecule has 18 heavy (non-hydrogen) atoms. The topological polar surface area (TPSA) is 56.7 Å². The Kier molecular flexibility index (Phi) is 3.36. The molecule has 1 aromatic heterocycles. The highest BCUT2D eigenvalue weighted by molar-refractivity contribution is 5.37. The molecule has 96 valence electrons. The van der Waals surface area contributed by atoms with Crippen molar-refractivity contribution < 1.29 is 0 Å². The van der Waals surface area contributed by atoms with Gasteiger partial charge in [-0.15, -0.1) is 5.10 Å². The maximum atomic E-state index is 5.90. The molecule has 0 spiro atoms. The maximum Gasteiger partial charge on any atom is 0.169 e. The number of aryl methyl sites for hydroxylation is 2. The molecule has 2 rings (SSSR count). The fourth-order valence-corrected chi connectivity index (χ4v) is 2.13. The van der Waals surface area contributed by atoms with Crippen molar-refractivity contribution in [2.24, 2.45) is 0 Å². The van der Waals surface area contributed by atoms with Crippen LogP contribution in [0.5, 0.6) is 0 Å². The van der Waals surface area contributed by atoms with Gasteiger partial charge < -0.3 is 5.73 Å². The Morgan fingerprint density at radius 3 is 2.44 bits per heavy atom. The van der Waals surface area contributed by atoms with Crippen LogP contribution >= 0.6 is 0 Å². The molecule has 0 aliphatic heterocycles. The fourth-order valence-electron chi connectivity index (χ4n) is 2.13. The second-order valence-electron chi connectivity index (χ2n) is 5.53. The first-order valence-corrected chi connectivity index (χ1v) is 6.22. The van der Waals surface area contributed by atoms with Crippen molar-refractivity contribution in [1.82, 2.24) is 15.0 Å². The van der Waals surface area contributed by atoms with Gasteiger partial charge in [-0.05, 0) is 12.0 Å². The molecule has 0 saturated heterocycles. The van der Waals surface area contributed by atoms with Crippen molar-refractivity contribution in [2.45, 2.75) is 39.2 Å². The summed E-state index contributed by atoms with van der Waals surface area (Å²) in [4.78, 5) is 0. The first-order valence-electron chi connectivity index (χ1n) is 6.22. The Bertz CT molecular complexity index is 508. The van der Waals surface area contributed by atoms with E-state index in [4.69, 9.17) is 5.73 Å². The van der Waals surface area contributed by atoms with Crippen LogP contribution in [0.15, 0.2) is 30.3 Å². The van der Waals surface area contributed by atoms with E-state index in [1.165, 1.54) is 5.56 Å². The van der Waals surface area contributed by atoms with Gasteiger partial charge in [0.2, 0.25) is 0 Å².